The summed E-state index contributed by atoms with van der Waals surface area (Å²) in [5, 5.41) is 8.65. The van der Waals surface area contributed by atoms with Gasteiger partial charge in [-0.15, -0.1) is 0 Å². The number of hydrogen-bond donors (Lipinski definition) is 1. The topological polar surface area (TPSA) is 66.8 Å². The molecule has 1 N–H and O–H groups in total. The zero-order chi connectivity index (χ0) is 13.1. The summed E-state index contributed by atoms with van der Waals surface area (Å²) < 4.78 is 18.4. The largest absolute Gasteiger partial charge is 0.484 e. The Labute approximate surface area is 103 Å². The van der Waals surface area contributed by atoms with Crippen LogP contribution in [0, 0.1) is 5.82 Å². The third-order valence-electron chi connectivity index (χ3n) is 2.74. The first-order valence-corrected chi connectivity index (χ1v) is 5.51. The Bertz CT molecular complexity index is 485. The molecule has 1 aromatic carbocycles. The van der Waals surface area contributed by atoms with Crippen LogP contribution in [0.1, 0.15) is 16.8 Å². The Hall–Kier alpha value is -2.11. The monoisotopic (exact) mass is 253 g/mol. The molecule has 0 aliphatic carbocycles. The molecule has 6 heteroatoms. The van der Waals surface area contributed by atoms with Crippen LogP contribution in [0.2, 0.25) is 0 Å². The van der Waals surface area contributed by atoms with Gasteiger partial charge in [-0.1, -0.05) is 0 Å². The highest BCUT2D eigenvalue weighted by atomic mass is 19.1. The van der Waals surface area contributed by atoms with Crippen LogP contribution in [0.4, 0.5) is 4.39 Å². The van der Waals surface area contributed by atoms with Crippen molar-refractivity contribution in [1.82, 2.24) is 4.90 Å². The van der Waals surface area contributed by atoms with Crippen molar-refractivity contribution in [2.45, 2.75) is 6.42 Å². The predicted octanol–water partition coefficient (Wildman–Crippen LogP) is 1.14. The van der Waals surface area contributed by atoms with E-state index in [4.69, 9.17) is 9.84 Å². The molecule has 1 amide bonds. The first-order valence-electron chi connectivity index (χ1n) is 5.51. The van der Waals surface area contributed by atoms with E-state index in [0.717, 1.165) is 31.6 Å². The van der Waals surface area contributed by atoms with E-state index in [2.05, 4.69) is 0 Å². The van der Waals surface area contributed by atoms with Gasteiger partial charge in [0.2, 0.25) is 0 Å². The van der Waals surface area contributed by atoms with Crippen LogP contribution in [0.3, 0.4) is 0 Å². The smallest absolute Gasteiger partial charge is 0.338 e. The summed E-state index contributed by atoms with van der Waals surface area (Å²) >= 11 is 0. The van der Waals surface area contributed by atoms with Crippen LogP contribution in [-0.4, -0.2) is 41.6 Å². The zero-order valence-electron chi connectivity index (χ0n) is 9.56. The third-order valence-corrected chi connectivity index (χ3v) is 2.74. The Balaban J connectivity index is 1.95. The van der Waals surface area contributed by atoms with Crippen molar-refractivity contribution >= 4 is 11.9 Å². The van der Waals surface area contributed by atoms with Gasteiger partial charge < -0.3 is 14.7 Å². The number of benzene rings is 1. The molecule has 96 valence electrons. The van der Waals surface area contributed by atoms with Gasteiger partial charge >= 0.3 is 5.97 Å². The number of carbonyl (C=O) groups is 2. The summed E-state index contributed by atoms with van der Waals surface area (Å²) in [6.45, 7) is 1.30. The fourth-order valence-electron chi connectivity index (χ4n) is 1.56. The predicted molar refractivity (Wildman–Crippen MR) is 60.1 cm³/mol. The maximum atomic E-state index is 13.3. The first kappa shape index (κ1) is 12.3. The minimum atomic E-state index is -1.34. The summed E-state index contributed by atoms with van der Waals surface area (Å²) in [6, 6.07) is 3.41. The molecular weight excluding hydrogens is 241 g/mol. The van der Waals surface area contributed by atoms with Gasteiger partial charge in [0, 0.05) is 19.2 Å². The fourth-order valence-corrected chi connectivity index (χ4v) is 1.56. The molecule has 1 aliphatic rings. The molecule has 0 bridgehead atoms. The summed E-state index contributed by atoms with van der Waals surface area (Å²) in [5.41, 5.74) is -0.420. The molecule has 1 heterocycles. The molecule has 0 aromatic heterocycles. The van der Waals surface area contributed by atoms with Gasteiger partial charge in [0.25, 0.3) is 5.91 Å². The standard InChI is InChI=1S/C12H12FNO4/c13-10-6-8(2-3-9(10)12(16)17)18-7-11(15)14-4-1-5-14/h2-3,6H,1,4-5,7H2,(H,16,17). The van der Waals surface area contributed by atoms with Gasteiger partial charge in [-0.25, -0.2) is 9.18 Å². The quantitative estimate of drug-likeness (QED) is 0.873. The SMILES string of the molecule is O=C(O)c1ccc(OCC(=O)N2CCC2)cc1F. The lowest BCUT2D eigenvalue weighted by Crippen LogP contribution is -2.44. The van der Waals surface area contributed by atoms with Crippen LogP contribution in [0.15, 0.2) is 18.2 Å². The molecule has 1 saturated heterocycles. The number of amides is 1. The normalized spacial score (nSPS) is 13.9. The summed E-state index contributed by atoms with van der Waals surface area (Å²) in [4.78, 5) is 23.7. The first-order chi connectivity index (χ1) is 8.58. The lowest BCUT2D eigenvalue weighted by molar-refractivity contribution is -0.136. The lowest BCUT2D eigenvalue weighted by atomic mass is 10.2. The summed E-state index contributed by atoms with van der Waals surface area (Å²) in [5.74, 6) is -2.22. The zero-order valence-corrected chi connectivity index (χ0v) is 9.56. The van der Waals surface area contributed by atoms with E-state index in [1.165, 1.54) is 6.07 Å². The number of ether oxygens (including phenoxy) is 1. The van der Waals surface area contributed by atoms with Crippen LogP contribution in [0.25, 0.3) is 0 Å². The molecule has 5 nitrogen and oxygen atoms in total. The second-order valence-electron chi connectivity index (χ2n) is 3.97. The molecule has 18 heavy (non-hydrogen) atoms. The molecule has 0 saturated carbocycles. The van der Waals surface area contributed by atoms with Crippen LogP contribution in [-0.2, 0) is 4.79 Å². The Morgan fingerprint density at radius 1 is 1.39 bits per heavy atom. The van der Waals surface area contributed by atoms with E-state index >= 15 is 0 Å². The average molecular weight is 253 g/mol. The van der Waals surface area contributed by atoms with E-state index in [1.54, 1.807) is 4.90 Å². The molecule has 0 radical (unpaired) electrons. The van der Waals surface area contributed by atoms with Crippen molar-refractivity contribution in [1.29, 1.82) is 0 Å². The second kappa shape index (κ2) is 5.03. The summed E-state index contributed by atoms with van der Waals surface area (Å²) in [6.07, 6.45) is 0.994. The number of carbonyl (C=O) groups excluding carboxylic acids is 1. The van der Waals surface area contributed by atoms with Crippen LogP contribution in [0.5, 0.6) is 5.75 Å². The van der Waals surface area contributed by atoms with Gasteiger partial charge in [0.15, 0.2) is 6.61 Å². The van der Waals surface area contributed by atoms with E-state index in [0.29, 0.717) is 0 Å². The molecule has 1 fully saturated rings. The number of nitrogens with zero attached hydrogens (tertiary/aromatic N) is 1. The number of halogens is 1. The van der Waals surface area contributed by atoms with Crippen molar-refractivity contribution in [2.75, 3.05) is 19.7 Å². The van der Waals surface area contributed by atoms with Crippen molar-refractivity contribution in [3.8, 4) is 5.75 Å². The van der Waals surface area contributed by atoms with Gasteiger partial charge in [-0.3, -0.25) is 4.79 Å². The van der Waals surface area contributed by atoms with E-state index in [1.807, 2.05) is 0 Å². The molecule has 1 aromatic rings. The number of hydrogen-bond acceptors (Lipinski definition) is 3. The van der Waals surface area contributed by atoms with Crippen molar-refractivity contribution < 1.29 is 23.8 Å². The number of carboxylic acids is 1. The van der Waals surface area contributed by atoms with E-state index < -0.39 is 17.3 Å². The fraction of sp³-hybridized carbons (Fsp3) is 0.333. The average Bonchev–Trinajstić information content (AvgIpc) is 2.23. The van der Waals surface area contributed by atoms with Crippen LogP contribution < -0.4 is 4.74 Å². The maximum absolute atomic E-state index is 13.3. The second-order valence-corrected chi connectivity index (χ2v) is 3.97. The lowest BCUT2D eigenvalue weighted by Gasteiger charge is -2.30. The van der Waals surface area contributed by atoms with Gasteiger partial charge in [-0.05, 0) is 18.6 Å². The van der Waals surface area contributed by atoms with Crippen LogP contribution >= 0.6 is 0 Å². The number of likely N-dealkylation sites (tertiary alicyclic amines) is 1. The molecule has 0 atom stereocenters. The number of carboxylic acid groups (broad SMARTS) is 1. The minimum Gasteiger partial charge on any atom is -0.484 e. The molecule has 1 aliphatic heterocycles. The van der Waals surface area contributed by atoms with Crippen molar-refractivity contribution in [3.05, 3.63) is 29.6 Å². The van der Waals surface area contributed by atoms with E-state index in [-0.39, 0.29) is 18.3 Å². The van der Waals surface area contributed by atoms with Gasteiger partial charge in [0.05, 0.1) is 5.56 Å². The maximum Gasteiger partial charge on any atom is 0.338 e. The Kier molecular flexibility index (Phi) is 3.45. The number of aromatic carboxylic acids is 1. The van der Waals surface area contributed by atoms with Gasteiger partial charge in [0.1, 0.15) is 11.6 Å². The number of rotatable bonds is 4. The van der Waals surface area contributed by atoms with Gasteiger partial charge in [-0.2, -0.15) is 0 Å². The van der Waals surface area contributed by atoms with Crippen molar-refractivity contribution in [3.63, 3.8) is 0 Å². The highest BCUT2D eigenvalue weighted by molar-refractivity contribution is 5.88. The molecule has 0 spiro atoms. The highest BCUT2D eigenvalue weighted by Gasteiger charge is 2.20. The Morgan fingerprint density at radius 3 is 2.61 bits per heavy atom. The molecule has 2 rings (SSSR count). The minimum absolute atomic E-state index is 0.145. The Morgan fingerprint density at radius 2 is 2.11 bits per heavy atom. The van der Waals surface area contributed by atoms with Crippen molar-refractivity contribution in [2.24, 2.45) is 0 Å². The highest BCUT2D eigenvalue weighted by Crippen LogP contribution is 2.17. The van der Waals surface area contributed by atoms with E-state index in [9.17, 15) is 14.0 Å². The third kappa shape index (κ3) is 2.58. The molecular formula is C12H12FNO4. The molecule has 0 unspecified atom stereocenters. The summed E-state index contributed by atoms with van der Waals surface area (Å²) in [7, 11) is 0.